The molecule has 1 aromatic rings. The SMILES string of the molecule is O=C1CCCN1CC1CCN(C(=O)c2ccc(N[C@H]3CCOC3)nc2)CC1. The Balaban J connectivity index is 1.26. The van der Waals surface area contributed by atoms with Gasteiger partial charge in [-0.05, 0) is 43.7 Å². The molecule has 0 unspecified atom stereocenters. The Morgan fingerprint density at radius 1 is 1.22 bits per heavy atom. The lowest BCUT2D eigenvalue weighted by atomic mass is 9.96. The van der Waals surface area contributed by atoms with E-state index in [2.05, 4.69) is 10.3 Å². The summed E-state index contributed by atoms with van der Waals surface area (Å²) in [5.41, 5.74) is 0.636. The number of likely N-dealkylation sites (tertiary alicyclic amines) is 2. The summed E-state index contributed by atoms with van der Waals surface area (Å²) in [6.45, 7) is 4.76. The highest BCUT2D eigenvalue weighted by molar-refractivity contribution is 5.94. The molecule has 0 spiro atoms. The minimum Gasteiger partial charge on any atom is -0.379 e. The van der Waals surface area contributed by atoms with E-state index in [0.717, 1.165) is 64.3 Å². The molecule has 1 N–H and O–H groups in total. The predicted octanol–water partition coefficient (Wildman–Crippen LogP) is 1.76. The summed E-state index contributed by atoms with van der Waals surface area (Å²) in [5, 5.41) is 3.34. The summed E-state index contributed by atoms with van der Waals surface area (Å²) >= 11 is 0. The molecule has 146 valence electrons. The normalized spacial score (nSPS) is 23.9. The minimum absolute atomic E-state index is 0.0500. The number of carbonyl (C=O) groups excluding carboxylic acids is 2. The van der Waals surface area contributed by atoms with Gasteiger partial charge in [-0.1, -0.05) is 0 Å². The van der Waals surface area contributed by atoms with E-state index in [0.29, 0.717) is 30.6 Å². The zero-order valence-electron chi connectivity index (χ0n) is 15.7. The highest BCUT2D eigenvalue weighted by Gasteiger charge is 2.28. The quantitative estimate of drug-likeness (QED) is 0.852. The molecule has 0 bridgehead atoms. The van der Waals surface area contributed by atoms with Gasteiger partial charge in [0.05, 0.1) is 18.2 Å². The van der Waals surface area contributed by atoms with Crippen molar-refractivity contribution < 1.29 is 14.3 Å². The van der Waals surface area contributed by atoms with Crippen molar-refractivity contribution in [3.05, 3.63) is 23.9 Å². The Bertz CT molecular complexity index is 664. The van der Waals surface area contributed by atoms with Crippen molar-refractivity contribution in [3.8, 4) is 0 Å². The second kappa shape index (κ2) is 8.25. The zero-order chi connectivity index (χ0) is 18.6. The Hall–Kier alpha value is -2.15. The van der Waals surface area contributed by atoms with Gasteiger partial charge in [0.1, 0.15) is 5.82 Å². The van der Waals surface area contributed by atoms with Crippen molar-refractivity contribution in [3.63, 3.8) is 0 Å². The maximum Gasteiger partial charge on any atom is 0.255 e. The number of nitrogens with zero attached hydrogens (tertiary/aromatic N) is 3. The first-order valence-corrected chi connectivity index (χ1v) is 10.1. The molecular formula is C20H28N4O3. The number of rotatable bonds is 5. The van der Waals surface area contributed by atoms with Gasteiger partial charge in [-0.3, -0.25) is 9.59 Å². The molecule has 0 saturated carbocycles. The Morgan fingerprint density at radius 3 is 2.70 bits per heavy atom. The summed E-state index contributed by atoms with van der Waals surface area (Å²) in [6.07, 6.45) is 6.26. The highest BCUT2D eigenvalue weighted by atomic mass is 16.5. The highest BCUT2D eigenvalue weighted by Crippen LogP contribution is 2.22. The molecule has 3 aliphatic heterocycles. The van der Waals surface area contributed by atoms with Gasteiger partial charge < -0.3 is 19.9 Å². The van der Waals surface area contributed by atoms with Gasteiger partial charge in [-0.2, -0.15) is 0 Å². The third-order valence-electron chi connectivity index (χ3n) is 5.84. The lowest BCUT2D eigenvalue weighted by Crippen LogP contribution is -2.41. The number of pyridine rings is 1. The predicted molar refractivity (Wildman–Crippen MR) is 102 cm³/mol. The van der Waals surface area contributed by atoms with Gasteiger partial charge in [-0.15, -0.1) is 0 Å². The second-order valence-corrected chi connectivity index (χ2v) is 7.82. The van der Waals surface area contributed by atoms with Crippen LogP contribution in [0.3, 0.4) is 0 Å². The van der Waals surface area contributed by atoms with E-state index in [-0.39, 0.29) is 11.8 Å². The molecule has 0 aromatic carbocycles. The number of aromatic nitrogens is 1. The van der Waals surface area contributed by atoms with Crippen LogP contribution in [0.15, 0.2) is 18.3 Å². The molecule has 2 amide bonds. The van der Waals surface area contributed by atoms with Crippen LogP contribution in [0.2, 0.25) is 0 Å². The number of anilines is 1. The molecule has 4 rings (SSSR count). The molecule has 7 heteroatoms. The van der Waals surface area contributed by atoms with Crippen LogP contribution >= 0.6 is 0 Å². The molecule has 0 radical (unpaired) electrons. The van der Waals surface area contributed by atoms with E-state index in [4.69, 9.17) is 4.74 Å². The summed E-state index contributed by atoms with van der Waals surface area (Å²) in [4.78, 5) is 32.8. The Morgan fingerprint density at radius 2 is 2.07 bits per heavy atom. The molecule has 3 saturated heterocycles. The fraction of sp³-hybridized carbons (Fsp3) is 0.650. The third-order valence-corrected chi connectivity index (χ3v) is 5.84. The van der Waals surface area contributed by atoms with Gasteiger partial charge in [-0.25, -0.2) is 4.98 Å². The number of carbonyl (C=O) groups is 2. The maximum atomic E-state index is 12.7. The van der Waals surface area contributed by atoms with E-state index < -0.39 is 0 Å². The third kappa shape index (κ3) is 4.40. The molecule has 7 nitrogen and oxygen atoms in total. The molecule has 3 aliphatic rings. The lowest BCUT2D eigenvalue weighted by Gasteiger charge is -2.34. The first kappa shape index (κ1) is 18.2. The molecule has 3 fully saturated rings. The molecule has 0 aliphatic carbocycles. The van der Waals surface area contributed by atoms with Crippen molar-refractivity contribution >= 4 is 17.6 Å². The number of hydrogen-bond donors (Lipinski definition) is 1. The van der Waals surface area contributed by atoms with Crippen LogP contribution in [-0.4, -0.2) is 72.0 Å². The van der Waals surface area contributed by atoms with Crippen LogP contribution in [0.4, 0.5) is 5.82 Å². The van der Waals surface area contributed by atoms with Crippen LogP contribution in [0.5, 0.6) is 0 Å². The number of ether oxygens (including phenoxy) is 1. The van der Waals surface area contributed by atoms with Crippen LogP contribution < -0.4 is 5.32 Å². The van der Waals surface area contributed by atoms with E-state index in [1.165, 1.54) is 0 Å². The van der Waals surface area contributed by atoms with Crippen LogP contribution in [0.1, 0.15) is 42.5 Å². The fourth-order valence-corrected chi connectivity index (χ4v) is 4.17. The van der Waals surface area contributed by atoms with Crippen molar-refractivity contribution in [1.82, 2.24) is 14.8 Å². The number of amides is 2. The zero-order valence-corrected chi connectivity index (χ0v) is 15.7. The van der Waals surface area contributed by atoms with Gasteiger partial charge in [0.2, 0.25) is 5.91 Å². The van der Waals surface area contributed by atoms with Crippen LogP contribution in [0.25, 0.3) is 0 Å². The van der Waals surface area contributed by atoms with E-state index >= 15 is 0 Å². The molecule has 4 heterocycles. The van der Waals surface area contributed by atoms with Crippen molar-refractivity contribution in [2.45, 2.75) is 38.1 Å². The molecular weight excluding hydrogens is 344 g/mol. The summed E-state index contributed by atoms with van der Waals surface area (Å²) in [7, 11) is 0. The lowest BCUT2D eigenvalue weighted by molar-refractivity contribution is -0.128. The molecule has 1 aromatic heterocycles. The largest absolute Gasteiger partial charge is 0.379 e. The van der Waals surface area contributed by atoms with E-state index in [9.17, 15) is 9.59 Å². The summed E-state index contributed by atoms with van der Waals surface area (Å²) in [6, 6.07) is 4.03. The van der Waals surface area contributed by atoms with Crippen LogP contribution in [-0.2, 0) is 9.53 Å². The molecule has 27 heavy (non-hydrogen) atoms. The second-order valence-electron chi connectivity index (χ2n) is 7.82. The minimum atomic E-state index is 0.0500. The van der Waals surface area contributed by atoms with E-state index in [1.54, 1.807) is 6.20 Å². The van der Waals surface area contributed by atoms with Crippen molar-refractivity contribution in [2.24, 2.45) is 5.92 Å². The number of nitrogens with one attached hydrogen (secondary N) is 1. The average Bonchev–Trinajstić information content (AvgIpc) is 3.35. The van der Waals surface area contributed by atoms with Crippen molar-refractivity contribution in [1.29, 1.82) is 0 Å². The summed E-state index contributed by atoms with van der Waals surface area (Å²) < 4.78 is 5.35. The van der Waals surface area contributed by atoms with Gasteiger partial charge >= 0.3 is 0 Å². The standard InChI is InChI=1S/C20H28N4O3/c25-19-2-1-8-24(19)13-15-5-9-23(10-6-15)20(26)16-3-4-18(21-12-16)22-17-7-11-27-14-17/h3-4,12,15,17H,1-2,5-11,13-14H2,(H,21,22)/t17-/m0/s1. The van der Waals surface area contributed by atoms with Crippen LogP contribution in [0, 0.1) is 5.92 Å². The Labute approximate surface area is 160 Å². The first-order chi connectivity index (χ1) is 13.2. The van der Waals surface area contributed by atoms with Gasteiger partial charge in [0.15, 0.2) is 0 Å². The van der Waals surface area contributed by atoms with E-state index in [1.807, 2.05) is 21.9 Å². The molecule has 1 atom stereocenters. The Kier molecular flexibility index (Phi) is 5.57. The maximum absolute atomic E-state index is 12.7. The fourth-order valence-electron chi connectivity index (χ4n) is 4.17. The average molecular weight is 372 g/mol. The number of hydrogen-bond acceptors (Lipinski definition) is 5. The first-order valence-electron chi connectivity index (χ1n) is 10.1. The van der Waals surface area contributed by atoms with Gasteiger partial charge in [0.25, 0.3) is 5.91 Å². The number of piperidine rings is 1. The smallest absolute Gasteiger partial charge is 0.255 e. The van der Waals surface area contributed by atoms with Crippen molar-refractivity contribution in [2.75, 3.05) is 44.7 Å². The topological polar surface area (TPSA) is 74.8 Å². The summed E-state index contributed by atoms with van der Waals surface area (Å²) in [5.74, 6) is 1.64. The monoisotopic (exact) mass is 372 g/mol. The van der Waals surface area contributed by atoms with Gasteiger partial charge in [0, 0.05) is 45.4 Å².